The van der Waals surface area contributed by atoms with E-state index in [1.54, 1.807) is 71.8 Å². The number of phenols is 2. The Hall–Kier alpha value is -18.0. The van der Waals surface area contributed by atoms with Crippen LogP contribution in [-0.2, 0) is 19.2 Å². The summed E-state index contributed by atoms with van der Waals surface area (Å²) in [4.78, 5) is 186. The normalized spacial score (nSPS) is 13.8. The summed E-state index contributed by atoms with van der Waals surface area (Å²) in [5.41, 5.74) is 14.5. The number of benzene rings is 6. The summed E-state index contributed by atoms with van der Waals surface area (Å²) in [6, 6.07) is 32.4. The van der Waals surface area contributed by atoms with E-state index in [4.69, 9.17) is 11.5 Å². The largest absolute Gasteiger partial charge is 0.508 e. The number of carbonyl (C=O) groups is 6. The lowest BCUT2D eigenvalue weighted by molar-refractivity contribution is -0.131. The zero-order valence-corrected chi connectivity index (χ0v) is 71.4. The molecule has 656 valence electrons. The van der Waals surface area contributed by atoms with Gasteiger partial charge in [-0.25, -0.2) is 59.8 Å². The average Bonchev–Trinajstić information content (AvgIpc) is 0.789. The quantitative estimate of drug-likeness (QED) is 0.0640. The van der Waals surface area contributed by atoms with Gasteiger partial charge in [0.25, 0.3) is 34.1 Å². The van der Waals surface area contributed by atoms with Gasteiger partial charge in [-0.2, -0.15) is 20.7 Å². The molecule has 40 nitrogen and oxygen atoms in total. The first kappa shape index (κ1) is 86.2. The second kappa shape index (κ2) is 34.1. The van der Waals surface area contributed by atoms with Gasteiger partial charge < -0.3 is 41.3 Å². The summed E-state index contributed by atoms with van der Waals surface area (Å²) >= 11 is 0. The smallest absolute Gasteiger partial charge is 0.270 e. The summed E-state index contributed by atoms with van der Waals surface area (Å²) in [5, 5.41) is 58.3. The number of amides is 6. The van der Waals surface area contributed by atoms with E-state index in [-0.39, 0.29) is 126 Å². The molecule has 10 aromatic heterocycles. The van der Waals surface area contributed by atoms with Crippen LogP contribution in [0.3, 0.4) is 0 Å². The fraction of sp³-hybridized carbons (Fsp3) is 0.196. The van der Waals surface area contributed by atoms with Crippen LogP contribution in [0.1, 0.15) is 114 Å². The van der Waals surface area contributed by atoms with Gasteiger partial charge in [0, 0.05) is 86.0 Å². The number of fused-ring (bicyclic) bond motifs is 8. The maximum absolute atomic E-state index is 13.7. The van der Waals surface area contributed by atoms with E-state index in [1.807, 2.05) is 98.8 Å². The minimum absolute atomic E-state index is 0.00538. The van der Waals surface area contributed by atoms with Crippen LogP contribution in [-0.4, -0.2) is 216 Å². The summed E-state index contributed by atoms with van der Waals surface area (Å²) in [7, 11) is 0. The molecule has 20 rings (SSSR count). The van der Waals surface area contributed by atoms with Crippen LogP contribution >= 0.6 is 0 Å². The molecule has 0 aliphatic carbocycles. The summed E-state index contributed by atoms with van der Waals surface area (Å²) in [6.45, 7) is 27.6. The van der Waals surface area contributed by atoms with Crippen molar-refractivity contribution in [3.63, 3.8) is 0 Å². The Morgan fingerprint density at radius 1 is 0.394 bits per heavy atom. The number of nitrogens with one attached hydrogen (secondary N) is 2. The number of nitrogens with zero attached hydrogens (tertiary/aromatic N) is 24. The molecular formula is C92H76N28O12. The third-order valence-electron chi connectivity index (χ3n) is 23.4. The van der Waals surface area contributed by atoms with Crippen LogP contribution in [0.5, 0.6) is 11.5 Å². The number of aromatic hydroxyl groups is 2. The summed E-state index contributed by atoms with van der Waals surface area (Å²) < 4.78 is 5.59. The van der Waals surface area contributed by atoms with Gasteiger partial charge in [0.2, 0.25) is 23.6 Å². The minimum atomic E-state index is -0.887. The maximum atomic E-state index is 13.7. The molecule has 0 saturated carbocycles. The Morgan fingerprint density at radius 2 is 0.689 bits per heavy atom. The standard InChI is InChI=1S/C24H20N6O4.C24H18N6O3.C22H20N8O3.C22H18N8O2/c1-3-18(32)29-10-14(11-29)22-27-20(21(25)33)19-23(28-22)26-12(2)30(24(19)34)17-9-15(31)8-13-6-4-5-7-16(13)17;1-3-20(32)29-11-15(12-29)22-27-18(10-25)21-23(28-22)26-13(2)30(24(21)33)19-9-16(31)8-14-6-4-5-7-17(14)19;1-4-15(31)29-8-12(9-29)20-26-17(19(23)32)16-21(27-20)25-11(3)30(22(16)33)18-10(2)5-6-14-13(18)7-24-28-14;1-4-17(31)29-9-13(10-29)20-26-16(7-23)18-21(27-20)25-12(3)30(22(18)32)19-11(2)5-6-15-14(19)8-24-28-15/h3-9,14,31H,1,10-11H2,2H3,(H2,25,33);3-9,15,31H,1,11-12H2,2H3;4-7,12H,1,8-9H2,2-3H3,(H2,23,32)(H,24,28);4-6,8,13H,1,9-10H2,2-3H3,(H,24,28). The third kappa shape index (κ3) is 15.1. The molecule has 0 spiro atoms. The molecule has 8 N–H and O–H groups in total. The van der Waals surface area contributed by atoms with E-state index in [2.05, 4.69) is 107 Å². The zero-order valence-electron chi connectivity index (χ0n) is 71.4. The predicted molar refractivity (Wildman–Crippen MR) is 482 cm³/mol. The molecule has 40 heteroatoms. The number of aromatic nitrogens is 20. The van der Waals surface area contributed by atoms with Crippen LogP contribution in [0.2, 0.25) is 0 Å². The van der Waals surface area contributed by atoms with Crippen LogP contribution in [0, 0.1) is 64.2 Å². The number of nitrogens with two attached hydrogens (primary N) is 2. The molecule has 4 saturated heterocycles. The van der Waals surface area contributed by atoms with Crippen molar-refractivity contribution in [2.75, 3.05) is 52.4 Å². The number of hydrogen-bond acceptors (Lipinski definition) is 28. The molecule has 16 aromatic rings. The third-order valence-corrected chi connectivity index (χ3v) is 23.4. The van der Waals surface area contributed by atoms with Crippen molar-refractivity contribution < 1.29 is 39.0 Å². The number of nitriles is 2. The lowest BCUT2D eigenvalue weighted by Crippen LogP contribution is -2.48. The van der Waals surface area contributed by atoms with Crippen LogP contribution in [0.25, 0.3) is 110 Å². The maximum Gasteiger partial charge on any atom is 0.270 e. The number of rotatable bonds is 14. The van der Waals surface area contributed by atoms with E-state index in [0.717, 1.165) is 49.1 Å². The molecule has 6 amide bonds. The van der Waals surface area contributed by atoms with Crippen molar-refractivity contribution in [2.45, 2.75) is 65.2 Å². The first-order chi connectivity index (χ1) is 63.4. The fourth-order valence-corrected chi connectivity index (χ4v) is 16.7. The van der Waals surface area contributed by atoms with Crippen LogP contribution < -0.4 is 33.7 Å². The first-order valence-corrected chi connectivity index (χ1v) is 41.0. The van der Waals surface area contributed by atoms with E-state index >= 15 is 0 Å². The van der Waals surface area contributed by atoms with Crippen molar-refractivity contribution in [1.82, 2.24) is 118 Å². The molecule has 132 heavy (non-hydrogen) atoms. The summed E-state index contributed by atoms with van der Waals surface area (Å²) in [5.74, 6) is -0.295. The first-order valence-electron chi connectivity index (χ1n) is 41.0. The van der Waals surface area contributed by atoms with Gasteiger partial charge in [-0.05, 0) is 112 Å². The molecule has 4 aliphatic heterocycles. The molecular weight excluding hydrogens is 1690 g/mol. The highest BCUT2D eigenvalue weighted by Gasteiger charge is 2.39. The van der Waals surface area contributed by atoms with E-state index in [9.17, 15) is 68.7 Å². The molecule has 0 bridgehead atoms. The molecule has 0 atom stereocenters. The van der Waals surface area contributed by atoms with Crippen molar-refractivity contribution in [2.24, 2.45) is 11.5 Å². The molecule has 4 fully saturated rings. The number of primary amides is 2. The molecule has 0 unspecified atom stereocenters. The van der Waals surface area contributed by atoms with Crippen molar-refractivity contribution in [3.05, 3.63) is 282 Å². The zero-order chi connectivity index (χ0) is 93.4. The molecule has 0 radical (unpaired) electrons. The van der Waals surface area contributed by atoms with E-state index in [0.29, 0.717) is 127 Å². The highest BCUT2D eigenvalue weighted by Crippen LogP contribution is 2.36. The van der Waals surface area contributed by atoms with E-state index in [1.165, 1.54) is 54.7 Å². The second-order valence-corrected chi connectivity index (χ2v) is 31.7. The van der Waals surface area contributed by atoms with Gasteiger partial charge in [-0.3, -0.25) is 76.4 Å². The predicted octanol–water partition coefficient (Wildman–Crippen LogP) is 6.41. The topological polar surface area (TPSA) is 555 Å². The fourth-order valence-electron chi connectivity index (χ4n) is 16.7. The molecule has 6 aromatic carbocycles. The molecule has 14 heterocycles. The Bertz CT molecular complexity index is 8130. The molecule has 4 aliphatic rings. The van der Waals surface area contributed by atoms with Gasteiger partial charge in [-0.15, -0.1) is 0 Å². The second-order valence-electron chi connectivity index (χ2n) is 31.7. The average molecular weight is 1770 g/mol. The van der Waals surface area contributed by atoms with E-state index < -0.39 is 34.1 Å². The van der Waals surface area contributed by atoms with Crippen molar-refractivity contribution >= 4 is 123 Å². The lowest BCUT2D eigenvalue weighted by Gasteiger charge is -2.37. The number of carbonyl (C=O) groups excluding carboxylic acids is 6. The van der Waals surface area contributed by atoms with Gasteiger partial charge in [0.1, 0.15) is 103 Å². The number of aryl methyl sites for hydroxylation is 6. The van der Waals surface area contributed by atoms with Crippen molar-refractivity contribution in [1.29, 1.82) is 10.5 Å². The number of H-pyrrole nitrogens is 2. The monoisotopic (exact) mass is 1760 g/mol. The Balaban J connectivity index is 0.000000123. The van der Waals surface area contributed by atoms with Crippen LogP contribution in [0.15, 0.2) is 179 Å². The van der Waals surface area contributed by atoms with Crippen molar-refractivity contribution in [3.8, 4) is 46.4 Å². The highest BCUT2D eigenvalue weighted by atomic mass is 16.3. The van der Waals surface area contributed by atoms with Crippen LogP contribution in [0.4, 0.5) is 0 Å². The minimum Gasteiger partial charge on any atom is -0.508 e. The highest BCUT2D eigenvalue weighted by molar-refractivity contribution is 6.04. The van der Waals surface area contributed by atoms with Gasteiger partial charge in [-0.1, -0.05) is 87.0 Å². The Morgan fingerprint density at radius 3 is 1.02 bits per heavy atom. The van der Waals surface area contributed by atoms with Gasteiger partial charge in [0.15, 0.2) is 34.0 Å². The Labute approximate surface area is 744 Å². The number of hydrogen-bond donors (Lipinski definition) is 6. The number of phenolic OH excluding ortho intramolecular Hbond substituents is 2. The number of likely N-dealkylation sites (tertiary alicyclic amines) is 4. The summed E-state index contributed by atoms with van der Waals surface area (Å²) in [6.07, 6.45) is 8.26. The lowest BCUT2D eigenvalue weighted by atomic mass is 9.98. The number of aromatic amines is 2. The SMILES string of the molecule is C=CC(=O)N1CC(c2nc(C#N)c3c(=O)n(-c4c(C)ccc5[nH]ncc45)c(C)nc3n2)C1.C=CC(=O)N1CC(c2nc(C#N)c3c(=O)n(-c4cc(O)cc5ccccc45)c(C)nc3n2)C1.C=CC(=O)N1CC(c2nc(C(N)=O)c3c(=O)n(-c4c(C)ccc5[nH]ncc45)c(C)nc3n2)C1.C=CC(=O)N1CC(c2nc(C(N)=O)c3c(=O)n(-c4cc(O)cc5ccccc45)c(C)nc3n2)C1. The Kier molecular flexibility index (Phi) is 22.2. The van der Waals surface area contributed by atoms with Gasteiger partial charge >= 0.3 is 0 Å². The van der Waals surface area contributed by atoms with Gasteiger partial charge in [0.05, 0.1) is 69.8 Å².